The number of esters is 1. The number of aromatic nitrogens is 1. The fourth-order valence-electron chi connectivity index (χ4n) is 2.32. The van der Waals surface area contributed by atoms with E-state index < -0.39 is 0 Å². The highest BCUT2D eigenvalue weighted by Gasteiger charge is 2.21. The summed E-state index contributed by atoms with van der Waals surface area (Å²) in [5.41, 5.74) is 2.22. The van der Waals surface area contributed by atoms with Gasteiger partial charge in [-0.2, -0.15) is 0 Å². The molecule has 4 nitrogen and oxygen atoms in total. The second-order valence-electron chi connectivity index (χ2n) is 6.43. The number of nitrogens with zero attached hydrogens (tertiary/aromatic N) is 1. The molecule has 0 aliphatic carbocycles. The van der Waals surface area contributed by atoms with Gasteiger partial charge in [0.1, 0.15) is 5.75 Å². The number of quaternary nitrogens is 1. The third-order valence-corrected chi connectivity index (χ3v) is 4.36. The monoisotopic (exact) mass is 289 g/mol. The maximum Gasteiger partial charge on any atom is 0.308 e. The molecule has 0 spiro atoms. The van der Waals surface area contributed by atoms with Crippen LogP contribution in [-0.2, 0) is 11.2 Å². The third-order valence-electron chi connectivity index (χ3n) is 4.36. The van der Waals surface area contributed by atoms with Crippen LogP contribution in [0.4, 0.5) is 0 Å². The molecule has 21 heavy (non-hydrogen) atoms. The average molecular weight is 289 g/mol. The fraction of sp³-hybridized carbons (Fsp3) is 0.471. The van der Waals surface area contributed by atoms with Crippen LogP contribution in [0.5, 0.6) is 5.75 Å². The molecule has 0 atom stereocenters. The minimum absolute atomic E-state index is 0.284. The van der Waals surface area contributed by atoms with Gasteiger partial charge in [0.2, 0.25) is 0 Å². The van der Waals surface area contributed by atoms with Gasteiger partial charge in [-0.3, -0.25) is 4.79 Å². The van der Waals surface area contributed by atoms with Crippen LogP contribution in [0.3, 0.4) is 0 Å². The molecule has 0 unspecified atom stereocenters. The number of likely N-dealkylation sites (N-methyl/N-ethyl adjacent to an activating group) is 1. The SMILES string of the molecule is CC(=O)Oc1cccc2[nH]cc(CC[N+](C)(C)C(C)C)c12. The van der Waals surface area contributed by atoms with E-state index in [0.717, 1.165) is 28.4 Å². The van der Waals surface area contributed by atoms with Gasteiger partial charge in [0.05, 0.1) is 26.7 Å². The second kappa shape index (κ2) is 5.90. The van der Waals surface area contributed by atoms with Gasteiger partial charge in [-0.1, -0.05) is 6.07 Å². The number of H-pyrrole nitrogens is 1. The number of rotatable bonds is 5. The van der Waals surface area contributed by atoms with Crippen molar-refractivity contribution in [2.75, 3.05) is 20.6 Å². The third kappa shape index (κ3) is 3.45. The zero-order chi connectivity index (χ0) is 15.6. The van der Waals surface area contributed by atoms with Gasteiger partial charge in [-0.05, 0) is 31.5 Å². The first-order valence-electron chi connectivity index (χ1n) is 7.41. The van der Waals surface area contributed by atoms with Gasteiger partial charge in [-0.25, -0.2) is 0 Å². The Balaban J connectivity index is 2.30. The molecule has 0 saturated heterocycles. The number of ether oxygens (including phenoxy) is 1. The van der Waals surface area contributed by atoms with Gasteiger partial charge >= 0.3 is 5.97 Å². The molecular weight excluding hydrogens is 264 g/mol. The van der Waals surface area contributed by atoms with Crippen molar-refractivity contribution in [3.8, 4) is 5.75 Å². The molecule has 0 aliphatic rings. The lowest BCUT2D eigenvalue weighted by molar-refractivity contribution is -0.910. The molecule has 0 amide bonds. The summed E-state index contributed by atoms with van der Waals surface area (Å²) in [5.74, 6) is 0.360. The molecule has 1 heterocycles. The first-order chi connectivity index (χ1) is 9.81. The predicted molar refractivity (Wildman–Crippen MR) is 85.4 cm³/mol. The Morgan fingerprint density at radius 1 is 1.33 bits per heavy atom. The first-order valence-corrected chi connectivity index (χ1v) is 7.41. The molecule has 2 rings (SSSR count). The smallest absolute Gasteiger partial charge is 0.308 e. The molecule has 0 radical (unpaired) electrons. The number of fused-ring (bicyclic) bond motifs is 1. The van der Waals surface area contributed by atoms with Gasteiger partial charge in [0, 0.05) is 30.4 Å². The molecule has 0 fully saturated rings. The Bertz CT molecular complexity index is 641. The highest BCUT2D eigenvalue weighted by Crippen LogP contribution is 2.29. The van der Waals surface area contributed by atoms with Crippen molar-refractivity contribution in [3.63, 3.8) is 0 Å². The van der Waals surface area contributed by atoms with Crippen molar-refractivity contribution in [1.82, 2.24) is 4.98 Å². The van der Waals surface area contributed by atoms with Gasteiger partial charge in [0.25, 0.3) is 0 Å². The number of nitrogens with one attached hydrogen (secondary N) is 1. The van der Waals surface area contributed by atoms with Crippen molar-refractivity contribution in [1.29, 1.82) is 0 Å². The van der Waals surface area contributed by atoms with Crippen LogP contribution >= 0.6 is 0 Å². The molecule has 2 aromatic rings. The van der Waals surface area contributed by atoms with Crippen LogP contribution in [0.15, 0.2) is 24.4 Å². The van der Waals surface area contributed by atoms with E-state index in [2.05, 4.69) is 32.9 Å². The molecule has 4 heteroatoms. The Kier molecular flexibility index (Phi) is 4.37. The molecule has 114 valence electrons. The van der Waals surface area contributed by atoms with E-state index in [1.165, 1.54) is 12.5 Å². The summed E-state index contributed by atoms with van der Waals surface area (Å²) in [6.45, 7) is 6.95. The Hall–Kier alpha value is -1.81. The van der Waals surface area contributed by atoms with E-state index in [4.69, 9.17) is 4.74 Å². The Morgan fingerprint density at radius 2 is 2.05 bits per heavy atom. The number of aromatic amines is 1. The maximum atomic E-state index is 11.3. The second-order valence-corrected chi connectivity index (χ2v) is 6.43. The number of carbonyl (C=O) groups excluding carboxylic acids is 1. The molecule has 1 aromatic carbocycles. The predicted octanol–water partition coefficient (Wildman–Crippen LogP) is 3.12. The highest BCUT2D eigenvalue weighted by atomic mass is 16.5. The van der Waals surface area contributed by atoms with Crippen molar-refractivity contribution >= 4 is 16.9 Å². The largest absolute Gasteiger partial charge is 0.426 e. The average Bonchev–Trinajstić information content (AvgIpc) is 2.80. The molecule has 0 bridgehead atoms. The lowest BCUT2D eigenvalue weighted by Crippen LogP contribution is -2.47. The Labute approximate surface area is 126 Å². The maximum absolute atomic E-state index is 11.3. The van der Waals surface area contributed by atoms with E-state index in [0.29, 0.717) is 11.8 Å². The molecule has 0 saturated carbocycles. The summed E-state index contributed by atoms with van der Waals surface area (Å²) in [4.78, 5) is 14.5. The Morgan fingerprint density at radius 3 is 2.67 bits per heavy atom. The highest BCUT2D eigenvalue weighted by molar-refractivity contribution is 5.91. The number of hydrogen-bond donors (Lipinski definition) is 1. The quantitative estimate of drug-likeness (QED) is 0.522. The lowest BCUT2D eigenvalue weighted by atomic mass is 10.1. The zero-order valence-electron chi connectivity index (χ0n) is 13.6. The fourth-order valence-corrected chi connectivity index (χ4v) is 2.32. The van der Waals surface area contributed by atoms with E-state index in [1.807, 2.05) is 24.4 Å². The minimum atomic E-state index is -0.284. The summed E-state index contributed by atoms with van der Waals surface area (Å²) in [5, 5.41) is 1.02. The molecule has 1 aromatic heterocycles. The lowest BCUT2D eigenvalue weighted by Gasteiger charge is -2.34. The number of hydrogen-bond acceptors (Lipinski definition) is 2. The van der Waals surface area contributed by atoms with Crippen molar-refractivity contribution in [2.24, 2.45) is 0 Å². The van der Waals surface area contributed by atoms with Crippen LogP contribution in [0.2, 0.25) is 0 Å². The van der Waals surface area contributed by atoms with E-state index in [9.17, 15) is 4.79 Å². The van der Waals surface area contributed by atoms with Gasteiger partial charge in [0.15, 0.2) is 0 Å². The number of benzene rings is 1. The van der Waals surface area contributed by atoms with E-state index in [-0.39, 0.29) is 5.97 Å². The molecule has 1 N–H and O–H groups in total. The van der Waals surface area contributed by atoms with Crippen LogP contribution in [0.1, 0.15) is 26.3 Å². The summed E-state index contributed by atoms with van der Waals surface area (Å²) in [6, 6.07) is 6.33. The topological polar surface area (TPSA) is 42.1 Å². The summed E-state index contributed by atoms with van der Waals surface area (Å²) in [7, 11) is 4.49. The van der Waals surface area contributed by atoms with Crippen LogP contribution < -0.4 is 4.74 Å². The first kappa shape index (κ1) is 15.6. The van der Waals surface area contributed by atoms with E-state index in [1.54, 1.807) is 0 Å². The van der Waals surface area contributed by atoms with Crippen molar-refractivity contribution in [2.45, 2.75) is 33.2 Å². The van der Waals surface area contributed by atoms with Crippen LogP contribution in [0, 0.1) is 0 Å². The minimum Gasteiger partial charge on any atom is -0.426 e. The van der Waals surface area contributed by atoms with Gasteiger partial charge < -0.3 is 14.2 Å². The van der Waals surface area contributed by atoms with E-state index >= 15 is 0 Å². The molecule has 0 aliphatic heterocycles. The standard InChI is InChI=1S/C17H25N2O2/c1-12(2)19(4,5)10-9-14-11-18-15-7-6-8-16(17(14)15)21-13(3)20/h6-8,11-12,18H,9-10H2,1-5H3/q+1. The van der Waals surface area contributed by atoms with Crippen molar-refractivity contribution < 1.29 is 14.0 Å². The normalized spacial score (nSPS) is 12.1. The van der Waals surface area contributed by atoms with Crippen molar-refractivity contribution in [3.05, 3.63) is 30.0 Å². The molecular formula is C17H25N2O2+. The van der Waals surface area contributed by atoms with Crippen LogP contribution in [-0.4, -0.2) is 42.1 Å². The summed E-state index contributed by atoms with van der Waals surface area (Å²) < 4.78 is 6.30. The summed E-state index contributed by atoms with van der Waals surface area (Å²) >= 11 is 0. The van der Waals surface area contributed by atoms with Gasteiger partial charge in [-0.15, -0.1) is 0 Å². The van der Waals surface area contributed by atoms with Crippen LogP contribution in [0.25, 0.3) is 10.9 Å². The number of carbonyl (C=O) groups is 1. The summed E-state index contributed by atoms with van der Waals surface area (Å²) in [6.07, 6.45) is 2.97. The zero-order valence-corrected chi connectivity index (χ0v) is 13.6.